The first-order chi connectivity index (χ1) is 9.97. The molecule has 2 aromatic rings. The summed E-state index contributed by atoms with van der Waals surface area (Å²) < 4.78 is 14.2. The molecule has 0 amide bonds. The van der Waals surface area contributed by atoms with Crippen molar-refractivity contribution in [2.24, 2.45) is 0 Å². The zero-order valence-electron chi connectivity index (χ0n) is 10.9. The van der Waals surface area contributed by atoms with Gasteiger partial charge in [0.1, 0.15) is 5.82 Å². The molecule has 0 unspecified atom stereocenters. The lowest BCUT2D eigenvalue weighted by atomic mass is 10.1. The summed E-state index contributed by atoms with van der Waals surface area (Å²) >= 11 is 0. The Balaban J connectivity index is 2.08. The van der Waals surface area contributed by atoms with Crippen LogP contribution in [0.5, 0.6) is 0 Å². The summed E-state index contributed by atoms with van der Waals surface area (Å²) in [6.07, 6.45) is 2.57. The highest BCUT2D eigenvalue weighted by atomic mass is 19.1. The number of benzene rings is 1. The Kier molecular flexibility index (Phi) is 4.22. The molecule has 1 aromatic heterocycles. The maximum absolute atomic E-state index is 12.7. The number of aryl methyl sites for hydroxylation is 1. The summed E-state index contributed by atoms with van der Waals surface area (Å²) in [7, 11) is 0. The molecule has 0 fully saturated rings. The van der Waals surface area contributed by atoms with Gasteiger partial charge in [0.2, 0.25) is 0 Å². The van der Waals surface area contributed by atoms with E-state index in [1.165, 1.54) is 35.0 Å². The van der Waals surface area contributed by atoms with E-state index in [4.69, 9.17) is 0 Å². The fourth-order valence-electron chi connectivity index (χ4n) is 1.80. The fraction of sp³-hybridized carbons (Fsp3) is 0.143. The zero-order valence-corrected chi connectivity index (χ0v) is 10.9. The minimum absolute atomic E-state index is 0.0889. The second kappa shape index (κ2) is 6.08. The summed E-state index contributed by atoms with van der Waals surface area (Å²) in [5.41, 5.74) is -0.847. The van der Waals surface area contributed by atoms with Crippen LogP contribution >= 0.6 is 0 Å². The van der Waals surface area contributed by atoms with Gasteiger partial charge in [-0.1, -0.05) is 0 Å². The minimum atomic E-state index is -0.763. The molecule has 7 heteroatoms. The SMILES string of the molecule is O=C(CCn1ccc(=O)c([N+](=O)[O-])c1)c1ccc(F)cc1. The summed E-state index contributed by atoms with van der Waals surface area (Å²) in [6, 6.07) is 6.23. The Hall–Kier alpha value is -2.83. The Morgan fingerprint density at radius 2 is 1.90 bits per heavy atom. The standard InChI is InChI=1S/C14H11FN2O4/c15-11-3-1-10(2-4-11)13(18)5-7-16-8-6-14(19)12(9-16)17(20)21/h1-4,6,8-9H,5,7H2. The van der Waals surface area contributed by atoms with E-state index in [9.17, 15) is 24.1 Å². The number of ketones is 1. The van der Waals surface area contributed by atoms with Crippen LogP contribution in [0, 0.1) is 15.9 Å². The predicted octanol–water partition coefficient (Wildman–Crippen LogP) is 2.17. The molecule has 0 N–H and O–H groups in total. The first kappa shape index (κ1) is 14.6. The van der Waals surface area contributed by atoms with Gasteiger partial charge in [-0.15, -0.1) is 0 Å². The molecule has 1 aromatic carbocycles. The fourth-order valence-corrected chi connectivity index (χ4v) is 1.80. The van der Waals surface area contributed by atoms with Crippen molar-refractivity contribution in [2.45, 2.75) is 13.0 Å². The molecule has 108 valence electrons. The second-order valence-electron chi connectivity index (χ2n) is 4.37. The molecule has 0 aliphatic carbocycles. The van der Waals surface area contributed by atoms with Crippen molar-refractivity contribution in [1.82, 2.24) is 4.57 Å². The number of pyridine rings is 1. The Morgan fingerprint density at radius 3 is 2.52 bits per heavy atom. The maximum Gasteiger partial charge on any atom is 0.332 e. The predicted molar refractivity (Wildman–Crippen MR) is 72.7 cm³/mol. The van der Waals surface area contributed by atoms with Crippen LogP contribution in [0.1, 0.15) is 16.8 Å². The number of carbonyl (C=O) groups is 1. The van der Waals surface area contributed by atoms with Gasteiger partial charge in [0, 0.05) is 30.8 Å². The lowest BCUT2D eigenvalue weighted by Gasteiger charge is -2.05. The third-order valence-corrected chi connectivity index (χ3v) is 2.92. The van der Waals surface area contributed by atoms with E-state index in [1.54, 1.807) is 0 Å². The number of halogens is 1. The lowest BCUT2D eigenvalue weighted by molar-refractivity contribution is -0.386. The van der Waals surface area contributed by atoms with Gasteiger partial charge in [0.25, 0.3) is 5.43 Å². The number of carbonyl (C=O) groups excluding carboxylic acids is 1. The van der Waals surface area contributed by atoms with Crippen molar-refractivity contribution in [2.75, 3.05) is 0 Å². The van der Waals surface area contributed by atoms with Crippen molar-refractivity contribution < 1.29 is 14.1 Å². The number of aromatic nitrogens is 1. The lowest BCUT2D eigenvalue weighted by Crippen LogP contribution is -2.12. The van der Waals surface area contributed by atoms with Crippen LogP contribution in [0.4, 0.5) is 10.1 Å². The number of hydrogen-bond donors (Lipinski definition) is 0. The van der Waals surface area contributed by atoms with Gasteiger partial charge in [-0.3, -0.25) is 19.7 Å². The first-order valence-corrected chi connectivity index (χ1v) is 6.10. The van der Waals surface area contributed by atoms with Gasteiger partial charge in [-0.25, -0.2) is 4.39 Å². The minimum Gasteiger partial charge on any atom is -0.348 e. The largest absolute Gasteiger partial charge is 0.348 e. The van der Waals surface area contributed by atoms with Crippen LogP contribution in [0.15, 0.2) is 47.5 Å². The Bertz CT molecular complexity index is 737. The van der Waals surface area contributed by atoms with Gasteiger partial charge in [-0.05, 0) is 24.3 Å². The molecule has 0 atom stereocenters. The molecule has 0 aliphatic heterocycles. The molecule has 21 heavy (non-hydrogen) atoms. The number of nitrogens with zero attached hydrogens (tertiary/aromatic N) is 2. The smallest absolute Gasteiger partial charge is 0.332 e. The molecular formula is C14H11FN2O4. The normalized spacial score (nSPS) is 10.3. The summed E-state index contributed by atoms with van der Waals surface area (Å²) in [5.74, 6) is -0.640. The molecule has 0 saturated heterocycles. The highest BCUT2D eigenvalue weighted by Gasteiger charge is 2.12. The van der Waals surface area contributed by atoms with E-state index in [1.807, 2.05) is 0 Å². The zero-order chi connectivity index (χ0) is 15.4. The summed E-state index contributed by atoms with van der Waals surface area (Å²) in [6.45, 7) is 0.192. The average Bonchev–Trinajstić information content (AvgIpc) is 2.46. The van der Waals surface area contributed by atoms with Crippen molar-refractivity contribution in [1.29, 1.82) is 0 Å². The Morgan fingerprint density at radius 1 is 1.24 bits per heavy atom. The van der Waals surface area contributed by atoms with Crippen LogP contribution in [0.2, 0.25) is 0 Å². The maximum atomic E-state index is 12.7. The third-order valence-electron chi connectivity index (χ3n) is 2.92. The highest BCUT2D eigenvalue weighted by molar-refractivity contribution is 5.95. The average molecular weight is 290 g/mol. The van der Waals surface area contributed by atoms with Gasteiger partial charge in [-0.2, -0.15) is 0 Å². The molecule has 6 nitrogen and oxygen atoms in total. The monoisotopic (exact) mass is 290 g/mol. The molecule has 0 aliphatic rings. The molecule has 0 spiro atoms. The van der Waals surface area contributed by atoms with E-state index in [0.29, 0.717) is 5.56 Å². The summed E-state index contributed by atoms with van der Waals surface area (Å²) in [4.78, 5) is 33.0. The van der Waals surface area contributed by atoms with E-state index in [2.05, 4.69) is 0 Å². The number of Topliss-reactive ketones (excluding diaryl/α,β-unsaturated/α-hetero) is 1. The van der Waals surface area contributed by atoms with E-state index < -0.39 is 21.9 Å². The molecule has 0 saturated carbocycles. The molecule has 0 radical (unpaired) electrons. The van der Waals surface area contributed by atoms with E-state index in [-0.39, 0.29) is 18.7 Å². The molecular weight excluding hydrogens is 279 g/mol. The topological polar surface area (TPSA) is 82.2 Å². The summed E-state index contributed by atoms with van der Waals surface area (Å²) in [5, 5.41) is 10.7. The number of nitro groups is 1. The van der Waals surface area contributed by atoms with E-state index >= 15 is 0 Å². The van der Waals surface area contributed by atoms with Crippen molar-refractivity contribution >= 4 is 11.5 Å². The van der Waals surface area contributed by atoms with Crippen LogP contribution in [-0.2, 0) is 6.54 Å². The highest BCUT2D eigenvalue weighted by Crippen LogP contribution is 2.08. The third kappa shape index (κ3) is 3.59. The molecule has 0 bridgehead atoms. The van der Waals surface area contributed by atoms with Crippen molar-refractivity contribution in [3.05, 3.63) is 74.4 Å². The first-order valence-electron chi connectivity index (χ1n) is 6.10. The van der Waals surface area contributed by atoms with Crippen LogP contribution in [0.3, 0.4) is 0 Å². The number of hydrogen-bond acceptors (Lipinski definition) is 4. The van der Waals surface area contributed by atoms with Crippen molar-refractivity contribution in [3.63, 3.8) is 0 Å². The van der Waals surface area contributed by atoms with Crippen molar-refractivity contribution in [3.8, 4) is 0 Å². The van der Waals surface area contributed by atoms with Gasteiger partial charge in [0.15, 0.2) is 5.78 Å². The molecule has 2 rings (SSSR count). The van der Waals surface area contributed by atoms with Gasteiger partial charge >= 0.3 is 5.69 Å². The molecule has 1 heterocycles. The van der Waals surface area contributed by atoms with Gasteiger partial charge < -0.3 is 4.57 Å². The second-order valence-corrected chi connectivity index (χ2v) is 4.37. The van der Waals surface area contributed by atoms with Crippen LogP contribution in [-0.4, -0.2) is 15.3 Å². The van der Waals surface area contributed by atoms with Crippen LogP contribution in [0.25, 0.3) is 0 Å². The van der Waals surface area contributed by atoms with Gasteiger partial charge in [0.05, 0.1) is 11.1 Å². The van der Waals surface area contributed by atoms with Crippen LogP contribution < -0.4 is 5.43 Å². The number of rotatable bonds is 5. The van der Waals surface area contributed by atoms with E-state index in [0.717, 1.165) is 12.3 Å². The Labute approximate surface area is 118 Å². The quantitative estimate of drug-likeness (QED) is 0.480.